The van der Waals surface area contributed by atoms with Crippen LogP contribution in [-0.2, 0) is 6.54 Å². The molecule has 0 bridgehead atoms. The molecule has 0 aliphatic heterocycles. The highest BCUT2D eigenvalue weighted by Crippen LogP contribution is 2.24. The van der Waals surface area contributed by atoms with E-state index in [-0.39, 0.29) is 6.54 Å². The molecule has 0 aliphatic rings. The number of rotatable bonds is 4. The van der Waals surface area contributed by atoms with Crippen molar-refractivity contribution in [2.24, 2.45) is 0 Å². The molecule has 0 amide bonds. The molecule has 134 valence electrons. The van der Waals surface area contributed by atoms with Gasteiger partial charge < -0.3 is 10.6 Å². The van der Waals surface area contributed by atoms with Crippen molar-refractivity contribution in [1.29, 1.82) is 0 Å². The van der Waals surface area contributed by atoms with Gasteiger partial charge in [0.2, 0.25) is 0 Å². The van der Waals surface area contributed by atoms with E-state index < -0.39 is 5.82 Å². The van der Waals surface area contributed by atoms with Gasteiger partial charge in [0.1, 0.15) is 10.8 Å². The molecule has 3 rings (SSSR count). The van der Waals surface area contributed by atoms with Gasteiger partial charge in [-0.25, -0.2) is 4.39 Å². The van der Waals surface area contributed by atoms with E-state index in [2.05, 4.69) is 31.7 Å². The first-order valence-electron chi connectivity index (χ1n) is 7.42. The highest BCUT2D eigenvalue weighted by Gasteiger charge is 2.12. The topological polar surface area (TPSA) is 41.9 Å². The van der Waals surface area contributed by atoms with Crippen molar-refractivity contribution >= 4 is 68.0 Å². The van der Waals surface area contributed by atoms with Gasteiger partial charge in [0.15, 0.2) is 10.9 Å². The number of halogens is 4. The van der Waals surface area contributed by atoms with Gasteiger partial charge in [0.05, 0.1) is 6.54 Å². The Morgan fingerprint density at radius 1 is 1.12 bits per heavy atom. The fourth-order valence-electron chi connectivity index (χ4n) is 2.21. The SMILES string of the molecule is Fc1cccc(Cl)c1Cn1cc(Cl)c(NC(=S)Nc2ccc(Br)cc2)n1. The summed E-state index contributed by atoms with van der Waals surface area (Å²) in [5, 5.41) is 11.3. The van der Waals surface area contributed by atoms with Crippen LogP contribution in [0.15, 0.2) is 53.1 Å². The first-order chi connectivity index (χ1) is 12.4. The smallest absolute Gasteiger partial charge is 0.176 e. The lowest BCUT2D eigenvalue weighted by molar-refractivity contribution is 0.586. The van der Waals surface area contributed by atoms with E-state index in [1.165, 1.54) is 10.7 Å². The van der Waals surface area contributed by atoms with Gasteiger partial charge in [0, 0.05) is 26.9 Å². The van der Waals surface area contributed by atoms with Crippen LogP contribution >= 0.6 is 51.3 Å². The molecular formula is C17H12BrCl2FN4S. The summed E-state index contributed by atoms with van der Waals surface area (Å²) in [6.07, 6.45) is 1.58. The third-order valence-corrected chi connectivity index (χ3v) is 4.80. The van der Waals surface area contributed by atoms with E-state index in [1.54, 1.807) is 18.3 Å². The van der Waals surface area contributed by atoms with E-state index in [4.69, 9.17) is 35.4 Å². The number of aromatic nitrogens is 2. The van der Waals surface area contributed by atoms with Crippen LogP contribution in [0.4, 0.5) is 15.9 Å². The zero-order chi connectivity index (χ0) is 18.7. The lowest BCUT2D eigenvalue weighted by Gasteiger charge is -2.09. The fourth-order valence-corrected chi connectivity index (χ4v) is 3.11. The summed E-state index contributed by atoms with van der Waals surface area (Å²) < 4.78 is 16.4. The van der Waals surface area contributed by atoms with Crippen molar-refractivity contribution in [2.75, 3.05) is 10.6 Å². The molecule has 2 aromatic carbocycles. The van der Waals surface area contributed by atoms with E-state index in [1.807, 2.05) is 24.3 Å². The lowest BCUT2D eigenvalue weighted by atomic mass is 10.2. The molecule has 0 saturated carbocycles. The van der Waals surface area contributed by atoms with Crippen LogP contribution in [-0.4, -0.2) is 14.9 Å². The van der Waals surface area contributed by atoms with Crippen LogP contribution in [0.2, 0.25) is 10.0 Å². The summed E-state index contributed by atoms with van der Waals surface area (Å²) in [7, 11) is 0. The second kappa shape index (κ2) is 8.35. The summed E-state index contributed by atoms with van der Waals surface area (Å²) in [6, 6.07) is 12.1. The Labute approximate surface area is 173 Å². The zero-order valence-corrected chi connectivity index (χ0v) is 17.1. The van der Waals surface area contributed by atoms with Crippen LogP contribution in [0.3, 0.4) is 0 Å². The minimum absolute atomic E-state index is 0.153. The van der Waals surface area contributed by atoms with Crippen molar-refractivity contribution in [3.63, 3.8) is 0 Å². The molecule has 0 fully saturated rings. The van der Waals surface area contributed by atoms with E-state index in [9.17, 15) is 4.39 Å². The molecule has 26 heavy (non-hydrogen) atoms. The van der Waals surface area contributed by atoms with Crippen molar-refractivity contribution in [3.8, 4) is 0 Å². The van der Waals surface area contributed by atoms with Crippen LogP contribution in [0, 0.1) is 5.82 Å². The summed E-state index contributed by atoms with van der Waals surface area (Å²) in [6.45, 7) is 0.153. The standard InChI is InChI=1S/C17H12BrCl2FN4S/c18-10-4-6-11(7-5-10)22-17(26)23-16-14(20)9-25(24-16)8-12-13(19)2-1-3-15(12)21/h1-7,9H,8H2,(H2,22,23,24,26). The van der Waals surface area contributed by atoms with Gasteiger partial charge in [0.25, 0.3) is 0 Å². The first-order valence-corrected chi connectivity index (χ1v) is 9.37. The molecule has 4 nitrogen and oxygen atoms in total. The van der Waals surface area contributed by atoms with Gasteiger partial charge in [-0.1, -0.05) is 45.2 Å². The predicted octanol–water partition coefficient (Wildman–Crippen LogP) is 5.95. The van der Waals surface area contributed by atoms with Gasteiger partial charge in [-0.2, -0.15) is 5.10 Å². The Morgan fingerprint density at radius 2 is 1.85 bits per heavy atom. The van der Waals surface area contributed by atoms with Gasteiger partial charge in [-0.15, -0.1) is 0 Å². The second-order valence-corrected chi connectivity index (χ2v) is 7.45. The van der Waals surface area contributed by atoms with Crippen LogP contribution < -0.4 is 10.6 Å². The Kier molecular flexibility index (Phi) is 6.13. The molecule has 0 aliphatic carbocycles. The minimum atomic E-state index is -0.397. The summed E-state index contributed by atoms with van der Waals surface area (Å²) >= 11 is 20.9. The van der Waals surface area contributed by atoms with Gasteiger partial charge in [-0.3, -0.25) is 4.68 Å². The van der Waals surface area contributed by atoms with Crippen LogP contribution in [0.5, 0.6) is 0 Å². The Balaban J connectivity index is 1.70. The summed E-state index contributed by atoms with van der Waals surface area (Å²) in [4.78, 5) is 0. The maximum atomic E-state index is 13.9. The molecule has 0 radical (unpaired) electrons. The van der Waals surface area contributed by atoms with Crippen molar-refractivity contribution in [3.05, 3.63) is 74.6 Å². The molecule has 0 spiro atoms. The van der Waals surface area contributed by atoms with Crippen molar-refractivity contribution in [2.45, 2.75) is 6.54 Å². The minimum Gasteiger partial charge on any atom is -0.332 e. The maximum Gasteiger partial charge on any atom is 0.176 e. The average Bonchev–Trinajstić information content (AvgIpc) is 2.93. The third kappa shape index (κ3) is 4.73. The largest absolute Gasteiger partial charge is 0.332 e. The molecular weight excluding hydrogens is 462 g/mol. The van der Waals surface area contributed by atoms with Crippen LogP contribution in [0.25, 0.3) is 0 Å². The average molecular weight is 474 g/mol. The Bertz CT molecular complexity index is 926. The quantitative estimate of drug-likeness (QED) is 0.459. The number of hydrogen-bond donors (Lipinski definition) is 2. The van der Waals surface area contributed by atoms with Crippen LogP contribution in [0.1, 0.15) is 5.56 Å². The highest BCUT2D eigenvalue weighted by atomic mass is 79.9. The third-order valence-electron chi connectivity index (χ3n) is 3.43. The number of nitrogens with zero attached hydrogens (tertiary/aromatic N) is 2. The van der Waals surface area contributed by atoms with Gasteiger partial charge in [-0.05, 0) is 48.6 Å². The Hall–Kier alpha value is -1.67. The molecule has 0 atom stereocenters. The number of hydrogen-bond acceptors (Lipinski definition) is 2. The van der Waals surface area contributed by atoms with Crippen molar-refractivity contribution < 1.29 is 4.39 Å². The van der Waals surface area contributed by atoms with E-state index in [0.29, 0.717) is 26.5 Å². The van der Waals surface area contributed by atoms with Crippen molar-refractivity contribution in [1.82, 2.24) is 9.78 Å². The number of nitrogens with one attached hydrogen (secondary N) is 2. The Morgan fingerprint density at radius 3 is 2.54 bits per heavy atom. The number of anilines is 2. The molecule has 0 saturated heterocycles. The summed E-state index contributed by atoms with van der Waals surface area (Å²) in [5.41, 5.74) is 1.16. The molecule has 9 heteroatoms. The molecule has 1 aromatic heterocycles. The predicted molar refractivity (Wildman–Crippen MR) is 112 cm³/mol. The maximum absolute atomic E-state index is 13.9. The fraction of sp³-hybridized carbons (Fsp3) is 0.0588. The molecule has 2 N–H and O–H groups in total. The highest BCUT2D eigenvalue weighted by molar-refractivity contribution is 9.10. The second-order valence-electron chi connectivity index (χ2n) is 5.31. The van der Waals surface area contributed by atoms with E-state index in [0.717, 1.165) is 10.2 Å². The normalized spacial score (nSPS) is 10.6. The van der Waals surface area contributed by atoms with Gasteiger partial charge >= 0.3 is 0 Å². The molecule has 1 heterocycles. The molecule has 0 unspecified atom stereocenters. The zero-order valence-electron chi connectivity index (χ0n) is 13.1. The summed E-state index contributed by atoms with van der Waals surface area (Å²) in [5.74, 6) is -0.0280. The number of thiocarbonyl (C=S) groups is 1. The van der Waals surface area contributed by atoms with E-state index >= 15 is 0 Å². The monoisotopic (exact) mass is 472 g/mol. The molecule has 3 aromatic rings. The first kappa shape index (κ1) is 19.1. The number of benzene rings is 2. The lowest BCUT2D eigenvalue weighted by Crippen LogP contribution is -2.19.